The Balaban J connectivity index is 1.63. The molecule has 0 atom stereocenters. The number of aromatic nitrogens is 1. The van der Waals surface area contributed by atoms with Crippen molar-refractivity contribution in [3.8, 4) is 11.1 Å². The van der Waals surface area contributed by atoms with E-state index in [1.54, 1.807) is 79.1 Å². The molecule has 7 nitrogen and oxygen atoms in total. The molecule has 4 rings (SSSR count). The van der Waals surface area contributed by atoms with Gasteiger partial charge in [0, 0.05) is 43.2 Å². The minimum absolute atomic E-state index is 0.0111. The zero-order valence-electron chi connectivity index (χ0n) is 20.5. The average Bonchev–Trinajstić information content (AvgIpc) is 2.95. The Bertz CT molecular complexity index is 1430. The Morgan fingerprint density at radius 2 is 1.47 bits per heavy atom. The summed E-state index contributed by atoms with van der Waals surface area (Å²) in [6.45, 7) is 0.410. The molecule has 1 heterocycles. The topological polar surface area (TPSA) is 99.6 Å². The van der Waals surface area contributed by atoms with Crippen LogP contribution in [-0.2, 0) is 17.9 Å². The number of carboxylic acid groups (broad SMARTS) is 1. The zero-order valence-corrected chi connectivity index (χ0v) is 20.5. The number of carboxylic acids is 1. The van der Waals surface area contributed by atoms with E-state index in [9.17, 15) is 23.9 Å². The van der Waals surface area contributed by atoms with Gasteiger partial charge in [-0.1, -0.05) is 54.6 Å². The number of rotatable bonds is 10. The van der Waals surface area contributed by atoms with E-state index in [0.29, 0.717) is 22.3 Å². The van der Waals surface area contributed by atoms with Crippen molar-refractivity contribution < 1.29 is 23.9 Å². The molecular weight excluding hydrogens is 485 g/mol. The highest BCUT2D eigenvalue weighted by Crippen LogP contribution is 2.29. The second-order valence-electron chi connectivity index (χ2n) is 8.63. The third-order valence-corrected chi connectivity index (χ3v) is 5.96. The molecule has 0 saturated heterocycles. The van der Waals surface area contributed by atoms with E-state index >= 15 is 0 Å². The van der Waals surface area contributed by atoms with Gasteiger partial charge >= 0.3 is 5.97 Å². The SMILES string of the molecule is O=C(O)CCN(Cc1cccnc1)C(=O)c1ccccc1-c1ccccc1C(=O)NCc1ccc(F)cc1. The molecule has 0 aliphatic rings. The number of carbonyl (C=O) groups is 3. The third-order valence-electron chi connectivity index (χ3n) is 5.96. The van der Waals surface area contributed by atoms with Crippen molar-refractivity contribution in [3.05, 3.63) is 125 Å². The summed E-state index contributed by atoms with van der Waals surface area (Å²) in [5.41, 5.74) is 3.35. The summed E-state index contributed by atoms with van der Waals surface area (Å²) in [4.78, 5) is 43.8. The van der Waals surface area contributed by atoms with Crippen LogP contribution in [0.15, 0.2) is 97.3 Å². The molecule has 0 aliphatic carbocycles. The number of benzene rings is 3. The van der Waals surface area contributed by atoms with E-state index in [1.165, 1.54) is 17.0 Å². The molecule has 0 bridgehead atoms. The molecule has 2 amide bonds. The average molecular weight is 512 g/mol. The summed E-state index contributed by atoms with van der Waals surface area (Å²) < 4.78 is 13.2. The van der Waals surface area contributed by atoms with Gasteiger partial charge in [0.1, 0.15) is 5.82 Å². The lowest BCUT2D eigenvalue weighted by molar-refractivity contribution is -0.137. The summed E-state index contributed by atoms with van der Waals surface area (Å²) in [5, 5.41) is 12.1. The fraction of sp³-hybridized carbons (Fsp3) is 0.133. The van der Waals surface area contributed by atoms with Crippen LogP contribution in [0.4, 0.5) is 4.39 Å². The predicted octanol–water partition coefficient (Wildman–Crippen LogP) is 4.93. The number of aliphatic carboxylic acids is 1. The normalized spacial score (nSPS) is 10.6. The maximum Gasteiger partial charge on any atom is 0.305 e. The summed E-state index contributed by atoms with van der Waals surface area (Å²) in [7, 11) is 0. The minimum atomic E-state index is -1.01. The minimum Gasteiger partial charge on any atom is -0.481 e. The predicted molar refractivity (Wildman–Crippen MR) is 141 cm³/mol. The molecule has 0 fully saturated rings. The summed E-state index contributed by atoms with van der Waals surface area (Å²) >= 11 is 0. The highest BCUT2D eigenvalue weighted by Gasteiger charge is 2.23. The van der Waals surface area contributed by atoms with E-state index < -0.39 is 5.97 Å². The smallest absolute Gasteiger partial charge is 0.305 e. The van der Waals surface area contributed by atoms with E-state index in [1.807, 2.05) is 6.07 Å². The van der Waals surface area contributed by atoms with Gasteiger partial charge in [0.15, 0.2) is 0 Å². The highest BCUT2D eigenvalue weighted by atomic mass is 19.1. The number of carbonyl (C=O) groups excluding carboxylic acids is 2. The fourth-order valence-electron chi connectivity index (χ4n) is 4.07. The first-order chi connectivity index (χ1) is 18.4. The van der Waals surface area contributed by atoms with Crippen molar-refractivity contribution >= 4 is 17.8 Å². The Labute approximate surface area is 219 Å². The van der Waals surface area contributed by atoms with Crippen LogP contribution in [0.5, 0.6) is 0 Å². The number of nitrogens with one attached hydrogen (secondary N) is 1. The molecule has 1 aromatic heterocycles. The summed E-state index contributed by atoms with van der Waals surface area (Å²) in [6.07, 6.45) is 3.05. The standard InChI is InChI=1S/C30H26FN3O4/c31-23-13-11-21(12-14-23)19-33-29(37)26-9-3-1-7-24(26)25-8-2-4-10-27(25)30(38)34(17-15-28(35)36)20-22-6-5-16-32-18-22/h1-14,16,18H,15,17,19-20H2,(H,33,37)(H,35,36). The molecule has 192 valence electrons. The molecule has 0 saturated carbocycles. The first-order valence-corrected chi connectivity index (χ1v) is 12.0. The van der Waals surface area contributed by atoms with E-state index in [-0.39, 0.29) is 43.7 Å². The van der Waals surface area contributed by atoms with Gasteiger partial charge in [0.2, 0.25) is 0 Å². The van der Waals surface area contributed by atoms with Crippen molar-refractivity contribution in [3.63, 3.8) is 0 Å². The van der Waals surface area contributed by atoms with Crippen molar-refractivity contribution in [1.29, 1.82) is 0 Å². The van der Waals surface area contributed by atoms with Crippen molar-refractivity contribution in [2.45, 2.75) is 19.5 Å². The number of halogens is 1. The second kappa shape index (κ2) is 12.4. The summed E-state index contributed by atoms with van der Waals surface area (Å²) in [6, 6.07) is 23.3. The van der Waals surface area contributed by atoms with Crippen LogP contribution >= 0.6 is 0 Å². The van der Waals surface area contributed by atoms with E-state index in [4.69, 9.17) is 0 Å². The number of pyridine rings is 1. The van der Waals surface area contributed by atoms with E-state index in [0.717, 1.165) is 11.1 Å². The van der Waals surface area contributed by atoms with Crippen LogP contribution in [0, 0.1) is 5.82 Å². The van der Waals surface area contributed by atoms with Crippen molar-refractivity contribution in [2.75, 3.05) is 6.54 Å². The Morgan fingerprint density at radius 1 is 0.816 bits per heavy atom. The van der Waals surface area contributed by atoms with Crippen LogP contribution < -0.4 is 5.32 Å². The Morgan fingerprint density at radius 3 is 2.13 bits per heavy atom. The van der Waals surface area contributed by atoms with Gasteiger partial charge in [-0.15, -0.1) is 0 Å². The largest absolute Gasteiger partial charge is 0.481 e. The van der Waals surface area contributed by atoms with Gasteiger partial charge < -0.3 is 15.3 Å². The van der Waals surface area contributed by atoms with Crippen molar-refractivity contribution in [1.82, 2.24) is 15.2 Å². The molecule has 3 aromatic carbocycles. The Hall–Kier alpha value is -4.85. The van der Waals surface area contributed by atoms with Crippen LogP contribution in [-0.4, -0.2) is 39.3 Å². The third kappa shape index (κ3) is 6.67. The molecule has 0 spiro atoms. The molecule has 2 N–H and O–H groups in total. The van der Waals surface area contributed by atoms with Gasteiger partial charge in [-0.2, -0.15) is 0 Å². The molecule has 0 aliphatic heterocycles. The second-order valence-corrected chi connectivity index (χ2v) is 8.63. The maximum atomic E-state index is 13.8. The quantitative estimate of drug-likeness (QED) is 0.314. The van der Waals surface area contributed by atoms with Gasteiger partial charge in [-0.05, 0) is 52.6 Å². The van der Waals surface area contributed by atoms with Crippen LogP contribution in [0.2, 0.25) is 0 Å². The molecule has 38 heavy (non-hydrogen) atoms. The van der Waals surface area contributed by atoms with Crippen LogP contribution in [0.3, 0.4) is 0 Å². The number of hydrogen-bond acceptors (Lipinski definition) is 4. The molecule has 8 heteroatoms. The van der Waals surface area contributed by atoms with Gasteiger partial charge in [0.05, 0.1) is 6.42 Å². The molecule has 0 radical (unpaired) electrons. The van der Waals surface area contributed by atoms with E-state index in [2.05, 4.69) is 10.3 Å². The maximum absolute atomic E-state index is 13.8. The molecule has 0 unspecified atom stereocenters. The number of hydrogen-bond donors (Lipinski definition) is 2. The monoisotopic (exact) mass is 511 g/mol. The Kier molecular flexibility index (Phi) is 8.56. The number of nitrogens with zero attached hydrogens (tertiary/aromatic N) is 2. The van der Waals surface area contributed by atoms with Crippen LogP contribution in [0.25, 0.3) is 11.1 Å². The lowest BCUT2D eigenvalue weighted by Gasteiger charge is -2.24. The van der Waals surface area contributed by atoms with Gasteiger partial charge in [0.25, 0.3) is 11.8 Å². The summed E-state index contributed by atoms with van der Waals surface area (Å²) in [5.74, 6) is -2.06. The fourth-order valence-corrected chi connectivity index (χ4v) is 4.07. The van der Waals surface area contributed by atoms with Crippen molar-refractivity contribution in [2.24, 2.45) is 0 Å². The highest BCUT2D eigenvalue weighted by molar-refractivity contribution is 6.06. The van der Waals surface area contributed by atoms with Gasteiger partial charge in [-0.25, -0.2) is 4.39 Å². The lowest BCUT2D eigenvalue weighted by atomic mass is 9.94. The van der Waals surface area contributed by atoms with Gasteiger partial charge in [-0.3, -0.25) is 19.4 Å². The first kappa shape index (κ1) is 26.2. The molecule has 4 aromatic rings. The first-order valence-electron chi connectivity index (χ1n) is 12.0. The van der Waals surface area contributed by atoms with Crippen LogP contribution in [0.1, 0.15) is 38.3 Å². The number of amides is 2. The molecular formula is C30H26FN3O4. The lowest BCUT2D eigenvalue weighted by Crippen LogP contribution is -2.33. The zero-order chi connectivity index (χ0) is 26.9.